The molecule has 3 N–H and O–H groups in total. The first-order valence-corrected chi connectivity index (χ1v) is 8.00. The van der Waals surface area contributed by atoms with Crippen LogP contribution in [0.1, 0.15) is 18.4 Å². The number of nitrogens with one attached hydrogen (secondary N) is 1. The highest BCUT2D eigenvalue weighted by molar-refractivity contribution is 5.84. The second-order valence-electron chi connectivity index (χ2n) is 5.93. The van der Waals surface area contributed by atoms with Crippen LogP contribution in [0.15, 0.2) is 24.3 Å². The molecule has 1 aromatic rings. The van der Waals surface area contributed by atoms with E-state index in [0.29, 0.717) is 25.9 Å². The lowest BCUT2D eigenvalue weighted by Crippen LogP contribution is -2.49. The van der Waals surface area contributed by atoms with E-state index in [4.69, 9.17) is 14.9 Å². The zero-order valence-corrected chi connectivity index (χ0v) is 13.8. The Kier molecular flexibility index (Phi) is 6.57. The molecule has 0 aromatic heterocycles. The van der Waals surface area contributed by atoms with Gasteiger partial charge in [0.2, 0.25) is 11.8 Å². The first-order chi connectivity index (χ1) is 11.6. The largest absolute Gasteiger partial charge is 0.497 e. The molecule has 1 aliphatic rings. The highest BCUT2D eigenvalue weighted by atomic mass is 16.5. The Balaban J connectivity index is 1.99. The first-order valence-electron chi connectivity index (χ1n) is 8.00. The lowest BCUT2D eigenvalue weighted by atomic mass is 9.95. The number of nitrogens with zero attached hydrogens (tertiary/aromatic N) is 1. The summed E-state index contributed by atoms with van der Waals surface area (Å²) < 4.78 is 5.18. The third kappa shape index (κ3) is 4.69. The number of aliphatic hydroxyl groups excluding tert-OH is 2. The number of amides is 2. The van der Waals surface area contributed by atoms with Crippen LogP contribution in [0.4, 0.5) is 0 Å². The number of hydrogen-bond acceptors (Lipinski definition) is 5. The van der Waals surface area contributed by atoms with Crippen molar-refractivity contribution in [2.75, 3.05) is 26.9 Å². The number of carbonyl (C=O) groups is 2. The summed E-state index contributed by atoms with van der Waals surface area (Å²) in [4.78, 5) is 26.0. The SMILES string of the molecule is COc1cccc(CN2C[C@H](C(=O)NC(CO)CO)CCC2=O)c1. The summed E-state index contributed by atoms with van der Waals surface area (Å²) in [5.41, 5.74) is 0.937. The standard InChI is InChI=1S/C17H24N2O5/c1-24-15-4-2-3-12(7-15)8-19-9-13(5-6-16(19)22)17(23)18-14(10-20)11-21/h2-4,7,13-14,20-21H,5-6,8-11H2,1H3,(H,18,23)/t13-/m1/s1. The molecule has 0 spiro atoms. The molecule has 1 aromatic carbocycles. The van der Waals surface area contributed by atoms with Gasteiger partial charge in [0.15, 0.2) is 0 Å². The smallest absolute Gasteiger partial charge is 0.225 e. The molecule has 1 saturated heterocycles. The number of aliphatic hydroxyl groups is 2. The molecular formula is C17H24N2O5. The van der Waals surface area contributed by atoms with E-state index >= 15 is 0 Å². The maximum absolute atomic E-state index is 12.2. The van der Waals surface area contributed by atoms with Crippen molar-refractivity contribution in [3.63, 3.8) is 0 Å². The molecule has 2 rings (SSSR count). The van der Waals surface area contributed by atoms with Crippen molar-refractivity contribution < 1.29 is 24.5 Å². The van der Waals surface area contributed by atoms with Crippen LogP contribution in [0, 0.1) is 5.92 Å². The van der Waals surface area contributed by atoms with Gasteiger partial charge in [-0.3, -0.25) is 9.59 Å². The van der Waals surface area contributed by atoms with E-state index < -0.39 is 6.04 Å². The van der Waals surface area contributed by atoms with Crippen molar-refractivity contribution >= 4 is 11.8 Å². The summed E-state index contributed by atoms with van der Waals surface area (Å²) in [6.45, 7) is 0.109. The minimum absolute atomic E-state index is 0.0164. The van der Waals surface area contributed by atoms with Crippen LogP contribution in [0.25, 0.3) is 0 Å². The molecule has 0 aliphatic carbocycles. The predicted octanol–water partition coefficient (Wildman–Crippen LogP) is -0.0968. The summed E-state index contributed by atoms with van der Waals surface area (Å²) in [7, 11) is 1.59. The van der Waals surface area contributed by atoms with Gasteiger partial charge in [0.25, 0.3) is 0 Å². The second kappa shape index (κ2) is 8.65. The zero-order valence-electron chi connectivity index (χ0n) is 13.8. The van der Waals surface area contributed by atoms with E-state index in [2.05, 4.69) is 5.32 Å². The molecule has 1 atom stereocenters. The van der Waals surface area contributed by atoms with E-state index in [0.717, 1.165) is 11.3 Å². The Morgan fingerprint density at radius 1 is 1.42 bits per heavy atom. The van der Waals surface area contributed by atoms with Gasteiger partial charge in [0.1, 0.15) is 5.75 Å². The lowest BCUT2D eigenvalue weighted by Gasteiger charge is -2.32. The molecule has 7 nitrogen and oxygen atoms in total. The Bertz CT molecular complexity index is 574. The summed E-state index contributed by atoms with van der Waals surface area (Å²) in [5.74, 6) is 0.155. The van der Waals surface area contributed by atoms with Gasteiger partial charge < -0.3 is 25.2 Å². The maximum Gasteiger partial charge on any atom is 0.225 e. The van der Waals surface area contributed by atoms with Gasteiger partial charge in [0, 0.05) is 19.5 Å². The van der Waals surface area contributed by atoms with Gasteiger partial charge in [-0.25, -0.2) is 0 Å². The Morgan fingerprint density at radius 2 is 2.17 bits per heavy atom. The van der Waals surface area contributed by atoms with Gasteiger partial charge in [-0.15, -0.1) is 0 Å². The number of likely N-dealkylation sites (tertiary alicyclic amines) is 1. The highest BCUT2D eigenvalue weighted by Crippen LogP contribution is 2.21. The molecule has 0 bridgehead atoms. The van der Waals surface area contributed by atoms with Gasteiger partial charge in [0.05, 0.1) is 32.3 Å². The van der Waals surface area contributed by atoms with Crippen molar-refractivity contribution in [1.29, 1.82) is 0 Å². The molecule has 2 amide bonds. The fourth-order valence-electron chi connectivity index (χ4n) is 2.74. The van der Waals surface area contributed by atoms with Crippen molar-refractivity contribution in [3.8, 4) is 5.75 Å². The molecule has 7 heteroatoms. The van der Waals surface area contributed by atoms with E-state index in [1.165, 1.54) is 0 Å². The first kappa shape index (κ1) is 18.2. The van der Waals surface area contributed by atoms with Crippen LogP contribution in [-0.2, 0) is 16.1 Å². The number of hydrogen-bond donors (Lipinski definition) is 3. The van der Waals surface area contributed by atoms with E-state index in [-0.39, 0.29) is 30.9 Å². The fraction of sp³-hybridized carbons (Fsp3) is 0.529. The topological polar surface area (TPSA) is 99.1 Å². The van der Waals surface area contributed by atoms with Crippen molar-refractivity contribution in [2.24, 2.45) is 5.92 Å². The highest BCUT2D eigenvalue weighted by Gasteiger charge is 2.31. The van der Waals surface area contributed by atoms with E-state index in [9.17, 15) is 9.59 Å². The summed E-state index contributed by atoms with van der Waals surface area (Å²) in [6.07, 6.45) is 0.786. The number of carbonyl (C=O) groups excluding carboxylic acids is 2. The molecule has 0 saturated carbocycles. The number of rotatable bonds is 7. The third-order valence-electron chi connectivity index (χ3n) is 4.17. The van der Waals surface area contributed by atoms with Crippen LogP contribution >= 0.6 is 0 Å². The molecule has 0 unspecified atom stereocenters. The van der Waals surface area contributed by atoms with E-state index in [1.54, 1.807) is 12.0 Å². The summed E-state index contributed by atoms with van der Waals surface area (Å²) in [6, 6.07) is 6.81. The van der Waals surface area contributed by atoms with Gasteiger partial charge in [-0.1, -0.05) is 12.1 Å². The molecular weight excluding hydrogens is 312 g/mol. The van der Waals surface area contributed by atoms with Crippen LogP contribution in [-0.4, -0.2) is 59.8 Å². The quantitative estimate of drug-likeness (QED) is 0.646. The fourth-order valence-corrected chi connectivity index (χ4v) is 2.74. The van der Waals surface area contributed by atoms with Gasteiger partial charge in [-0.05, 0) is 24.1 Å². The third-order valence-corrected chi connectivity index (χ3v) is 4.17. The average molecular weight is 336 g/mol. The molecule has 1 aliphatic heterocycles. The minimum Gasteiger partial charge on any atom is -0.497 e. The number of ether oxygens (including phenoxy) is 1. The van der Waals surface area contributed by atoms with Crippen LogP contribution in [0.5, 0.6) is 5.75 Å². The van der Waals surface area contributed by atoms with Gasteiger partial charge in [-0.2, -0.15) is 0 Å². The minimum atomic E-state index is -0.665. The predicted molar refractivity (Wildman–Crippen MR) is 87.2 cm³/mol. The Labute approximate surface area is 141 Å². The van der Waals surface area contributed by atoms with Crippen molar-refractivity contribution in [3.05, 3.63) is 29.8 Å². The van der Waals surface area contributed by atoms with Crippen LogP contribution in [0.3, 0.4) is 0 Å². The lowest BCUT2D eigenvalue weighted by molar-refractivity contribution is -0.139. The van der Waals surface area contributed by atoms with Crippen LogP contribution in [0.2, 0.25) is 0 Å². The molecule has 1 heterocycles. The van der Waals surface area contributed by atoms with Crippen LogP contribution < -0.4 is 10.1 Å². The molecule has 0 radical (unpaired) electrons. The normalized spacial score (nSPS) is 17.9. The number of piperidine rings is 1. The Hall–Kier alpha value is -2.12. The second-order valence-corrected chi connectivity index (χ2v) is 5.93. The zero-order chi connectivity index (χ0) is 17.5. The molecule has 132 valence electrons. The summed E-state index contributed by atoms with van der Waals surface area (Å²) in [5, 5.41) is 20.7. The number of methoxy groups -OCH3 is 1. The Morgan fingerprint density at radius 3 is 2.83 bits per heavy atom. The van der Waals surface area contributed by atoms with Gasteiger partial charge >= 0.3 is 0 Å². The number of benzene rings is 1. The maximum atomic E-state index is 12.2. The summed E-state index contributed by atoms with van der Waals surface area (Å²) >= 11 is 0. The molecule has 1 fully saturated rings. The van der Waals surface area contributed by atoms with Crippen molar-refractivity contribution in [2.45, 2.75) is 25.4 Å². The average Bonchev–Trinajstić information content (AvgIpc) is 2.61. The monoisotopic (exact) mass is 336 g/mol. The van der Waals surface area contributed by atoms with Crippen molar-refractivity contribution in [1.82, 2.24) is 10.2 Å². The van der Waals surface area contributed by atoms with E-state index in [1.807, 2.05) is 24.3 Å². The molecule has 24 heavy (non-hydrogen) atoms.